The number of benzene rings is 2. The number of aromatic nitrogens is 1. The van der Waals surface area contributed by atoms with Gasteiger partial charge in [0.25, 0.3) is 0 Å². The maximum Gasteiger partial charge on any atom is 0.231 e. The Labute approximate surface area is 139 Å². The van der Waals surface area contributed by atoms with Gasteiger partial charge in [0.05, 0.1) is 0 Å². The van der Waals surface area contributed by atoms with E-state index in [0.29, 0.717) is 37.9 Å². The predicted octanol–water partition coefficient (Wildman–Crippen LogP) is 3.95. The highest BCUT2D eigenvalue weighted by atomic mass is 79.9. The van der Waals surface area contributed by atoms with Crippen LogP contribution in [0.5, 0.6) is 11.5 Å². The van der Waals surface area contributed by atoms with E-state index in [1.54, 1.807) is 30.5 Å². The van der Waals surface area contributed by atoms with Crippen molar-refractivity contribution < 1.29 is 19.0 Å². The Morgan fingerprint density at radius 1 is 1.13 bits per heavy atom. The molecule has 1 atom stereocenters. The first-order valence-electron chi connectivity index (χ1n) is 6.95. The zero-order valence-electron chi connectivity index (χ0n) is 11.8. The van der Waals surface area contributed by atoms with E-state index in [1.807, 2.05) is 0 Å². The molecule has 0 aliphatic carbocycles. The van der Waals surface area contributed by atoms with E-state index < -0.39 is 6.10 Å². The number of aliphatic hydroxyl groups is 1. The number of ether oxygens (including phenoxy) is 2. The van der Waals surface area contributed by atoms with Gasteiger partial charge in [-0.05, 0) is 35.2 Å². The molecule has 0 fully saturated rings. The van der Waals surface area contributed by atoms with Gasteiger partial charge in [0.2, 0.25) is 6.79 Å². The summed E-state index contributed by atoms with van der Waals surface area (Å²) in [7, 11) is 0. The van der Waals surface area contributed by atoms with Gasteiger partial charge >= 0.3 is 0 Å². The second-order valence-corrected chi connectivity index (χ2v) is 6.01. The summed E-state index contributed by atoms with van der Waals surface area (Å²) < 4.78 is 25.5. The Balaban J connectivity index is 1.93. The van der Waals surface area contributed by atoms with E-state index in [4.69, 9.17) is 9.47 Å². The maximum absolute atomic E-state index is 14.0. The minimum absolute atomic E-state index is 0.111. The summed E-state index contributed by atoms with van der Waals surface area (Å²) in [6, 6.07) is 8.15. The zero-order chi connectivity index (χ0) is 16.0. The average molecular weight is 376 g/mol. The molecule has 4 nitrogen and oxygen atoms in total. The van der Waals surface area contributed by atoms with Crippen molar-refractivity contribution in [3.8, 4) is 11.5 Å². The minimum atomic E-state index is -0.994. The molecule has 0 amide bonds. The summed E-state index contributed by atoms with van der Waals surface area (Å²) in [5, 5.41) is 11.9. The van der Waals surface area contributed by atoms with Crippen LogP contribution in [0.3, 0.4) is 0 Å². The molecule has 6 heteroatoms. The molecular formula is C17H11BrFNO3. The van der Waals surface area contributed by atoms with E-state index in [1.165, 1.54) is 12.3 Å². The van der Waals surface area contributed by atoms with Crippen LogP contribution < -0.4 is 9.47 Å². The lowest BCUT2D eigenvalue weighted by atomic mass is 9.95. The molecule has 2 heterocycles. The largest absolute Gasteiger partial charge is 0.454 e. The standard InChI is InChI=1S/C17H11BrFNO3/c18-12-2-4-14-17(23-8-22-14)15(12)16(21)10-1-3-13(19)11-7-20-6-5-9(10)11/h1-7,16,21H,8H2. The van der Waals surface area contributed by atoms with Crippen molar-refractivity contribution in [2.45, 2.75) is 6.10 Å². The molecule has 0 radical (unpaired) electrons. The number of hydrogen-bond donors (Lipinski definition) is 1. The molecule has 1 N–H and O–H groups in total. The zero-order valence-corrected chi connectivity index (χ0v) is 13.4. The van der Waals surface area contributed by atoms with Crippen LogP contribution >= 0.6 is 15.9 Å². The van der Waals surface area contributed by atoms with Crippen LogP contribution in [0.4, 0.5) is 4.39 Å². The summed E-state index contributed by atoms with van der Waals surface area (Å²) in [6.45, 7) is 0.111. The minimum Gasteiger partial charge on any atom is -0.454 e. The SMILES string of the molecule is OC(c1c(Br)ccc2c1OCO2)c1ccc(F)c2cnccc12. The molecular weight excluding hydrogens is 365 g/mol. The fourth-order valence-corrected chi connectivity index (χ4v) is 3.33. The molecule has 1 aliphatic heterocycles. The quantitative estimate of drug-likeness (QED) is 0.736. The number of hydrogen-bond acceptors (Lipinski definition) is 4. The lowest BCUT2D eigenvalue weighted by molar-refractivity contribution is 0.167. The maximum atomic E-state index is 14.0. The van der Waals surface area contributed by atoms with Gasteiger partial charge in [-0.15, -0.1) is 0 Å². The third-order valence-electron chi connectivity index (χ3n) is 3.89. The number of aliphatic hydroxyl groups excluding tert-OH is 1. The van der Waals surface area contributed by atoms with Crippen molar-refractivity contribution in [3.63, 3.8) is 0 Å². The summed E-state index contributed by atoms with van der Waals surface area (Å²) in [5.74, 6) is 0.703. The average Bonchev–Trinajstić information content (AvgIpc) is 3.03. The number of fused-ring (bicyclic) bond motifs is 2. The number of halogens is 2. The normalized spacial score (nSPS) is 14.2. The molecule has 0 saturated heterocycles. The molecule has 1 aromatic heterocycles. The summed E-state index contributed by atoms with van der Waals surface area (Å²) in [5.41, 5.74) is 1.14. The van der Waals surface area contributed by atoms with Gasteiger partial charge in [0, 0.05) is 27.8 Å². The monoisotopic (exact) mass is 375 g/mol. The first-order chi connectivity index (χ1) is 11.2. The van der Waals surface area contributed by atoms with Crippen molar-refractivity contribution in [2.24, 2.45) is 0 Å². The van der Waals surface area contributed by atoms with Gasteiger partial charge in [-0.3, -0.25) is 4.98 Å². The molecule has 2 aromatic carbocycles. The molecule has 116 valence electrons. The molecule has 3 aromatic rings. The molecule has 1 aliphatic rings. The lowest BCUT2D eigenvalue weighted by Crippen LogP contribution is -2.04. The fourth-order valence-electron chi connectivity index (χ4n) is 2.80. The van der Waals surface area contributed by atoms with Gasteiger partial charge in [0.1, 0.15) is 11.9 Å². The molecule has 0 spiro atoms. The summed E-state index contributed by atoms with van der Waals surface area (Å²) in [4.78, 5) is 3.95. The van der Waals surface area contributed by atoms with Gasteiger partial charge in [-0.25, -0.2) is 4.39 Å². The highest BCUT2D eigenvalue weighted by Crippen LogP contribution is 2.45. The van der Waals surface area contributed by atoms with Crippen LogP contribution in [0.15, 0.2) is 47.2 Å². The van der Waals surface area contributed by atoms with Crippen molar-refractivity contribution in [1.82, 2.24) is 4.98 Å². The van der Waals surface area contributed by atoms with E-state index in [9.17, 15) is 9.50 Å². The van der Waals surface area contributed by atoms with Crippen LogP contribution in [-0.4, -0.2) is 16.9 Å². The van der Waals surface area contributed by atoms with Crippen LogP contribution in [-0.2, 0) is 0 Å². The Hall–Kier alpha value is -2.18. The van der Waals surface area contributed by atoms with Gasteiger partial charge in [-0.1, -0.05) is 22.0 Å². The third-order valence-corrected chi connectivity index (χ3v) is 4.58. The highest BCUT2D eigenvalue weighted by Gasteiger charge is 2.27. The molecule has 1 unspecified atom stereocenters. The van der Waals surface area contributed by atoms with Gasteiger partial charge in [-0.2, -0.15) is 0 Å². The highest BCUT2D eigenvalue weighted by molar-refractivity contribution is 9.10. The molecule has 4 rings (SSSR count). The van der Waals surface area contributed by atoms with Crippen LogP contribution in [0.25, 0.3) is 10.8 Å². The summed E-state index contributed by atoms with van der Waals surface area (Å²) >= 11 is 3.44. The number of rotatable bonds is 2. The first-order valence-corrected chi connectivity index (χ1v) is 7.74. The topological polar surface area (TPSA) is 51.6 Å². The van der Waals surface area contributed by atoms with Crippen molar-refractivity contribution in [1.29, 1.82) is 0 Å². The van der Waals surface area contributed by atoms with Crippen molar-refractivity contribution in [3.05, 3.63) is 64.1 Å². The van der Waals surface area contributed by atoms with E-state index >= 15 is 0 Å². The first kappa shape index (κ1) is 14.4. The smallest absolute Gasteiger partial charge is 0.231 e. The third kappa shape index (κ3) is 2.26. The lowest BCUT2D eigenvalue weighted by Gasteiger charge is -2.17. The fraction of sp³-hybridized carbons (Fsp3) is 0.118. The Morgan fingerprint density at radius 3 is 2.87 bits per heavy atom. The van der Waals surface area contributed by atoms with E-state index in [0.717, 1.165) is 0 Å². The van der Waals surface area contributed by atoms with Crippen LogP contribution in [0.2, 0.25) is 0 Å². The van der Waals surface area contributed by atoms with E-state index in [-0.39, 0.29) is 12.6 Å². The second-order valence-electron chi connectivity index (χ2n) is 5.16. The molecule has 0 saturated carbocycles. The Morgan fingerprint density at radius 2 is 2.00 bits per heavy atom. The number of nitrogens with zero attached hydrogens (tertiary/aromatic N) is 1. The summed E-state index contributed by atoms with van der Waals surface area (Å²) in [6.07, 6.45) is 2.03. The van der Waals surface area contributed by atoms with Crippen LogP contribution in [0.1, 0.15) is 17.2 Å². The number of pyridine rings is 1. The van der Waals surface area contributed by atoms with Gasteiger partial charge < -0.3 is 14.6 Å². The Kier molecular flexibility index (Phi) is 3.43. The van der Waals surface area contributed by atoms with Crippen molar-refractivity contribution >= 4 is 26.7 Å². The molecule has 23 heavy (non-hydrogen) atoms. The molecule has 0 bridgehead atoms. The Bertz CT molecular complexity index is 916. The van der Waals surface area contributed by atoms with Crippen LogP contribution in [0, 0.1) is 5.82 Å². The second kappa shape index (κ2) is 5.47. The van der Waals surface area contributed by atoms with Crippen molar-refractivity contribution in [2.75, 3.05) is 6.79 Å². The van der Waals surface area contributed by atoms with Gasteiger partial charge in [0.15, 0.2) is 11.5 Å². The van der Waals surface area contributed by atoms with E-state index in [2.05, 4.69) is 20.9 Å². The predicted molar refractivity (Wildman–Crippen MR) is 86.0 cm³/mol.